The third-order valence-electron chi connectivity index (χ3n) is 7.38. The van der Waals surface area contributed by atoms with Crippen LogP contribution in [0.25, 0.3) is 0 Å². The van der Waals surface area contributed by atoms with Crippen LogP contribution in [-0.2, 0) is 5.41 Å². The van der Waals surface area contributed by atoms with E-state index in [2.05, 4.69) is 117 Å². The van der Waals surface area contributed by atoms with Crippen LogP contribution in [0.3, 0.4) is 0 Å². The molecule has 204 valence electrons. The molecule has 2 N–H and O–H groups in total. The Balaban J connectivity index is 3.10. The van der Waals surface area contributed by atoms with Crippen molar-refractivity contribution in [3.63, 3.8) is 0 Å². The van der Waals surface area contributed by atoms with Gasteiger partial charge in [0.1, 0.15) is 0 Å². The zero-order chi connectivity index (χ0) is 29.1. The molecule has 0 amide bonds. The quantitative estimate of drug-likeness (QED) is 0.405. The molecule has 2 rings (SSSR count). The van der Waals surface area contributed by atoms with Gasteiger partial charge in [0, 0.05) is 5.41 Å². The normalized spacial score (nSPS) is 13.6. The Morgan fingerprint density at radius 3 is 0.838 bits per heavy atom. The molecule has 0 aliphatic carbocycles. The summed E-state index contributed by atoms with van der Waals surface area (Å²) in [5, 5.41) is 24.6. The minimum atomic E-state index is -1.99. The van der Waals surface area contributed by atoms with Crippen molar-refractivity contribution in [2.45, 2.75) is 97.8 Å². The number of rotatable bonds is 8. The van der Waals surface area contributed by atoms with Gasteiger partial charge >= 0.3 is 11.9 Å². The van der Waals surface area contributed by atoms with Gasteiger partial charge in [0.05, 0.1) is 43.4 Å². The summed E-state index contributed by atoms with van der Waals surface area (Å²) < 4.78 is 0. The highest BCUT2D eigenvalue weighted by atomic mass is 28.3. The van der Waals surface area contributed by atoms with E-state index in [0.717, 1.165) is 31.9 Å². The second-order valence-corrected chi connectivity index (χ2v) is 35.3. The van der Waals surface area contributed by atoms with Crippen molar-refractivity contribution in [1.82, 2.24) is 0 Å². The van der Waals surface area contributed by atoms with Crippen LogP contribution in [0.1, 0.15) is 45.7 Å². The van der Waals surface area contributed by atoms with E-state index in [1.54, 1.807) is 0 Å². The smallest absolute Gasteiger partial charge is 0.335 e. The van der Waals surface area contributed by atoms with Crippen LogP contribution < -0.4 is 20.7 Å². The Bertz CT molecular complexity index is 1070. The molecule has 0 bridgehead atoms. The van der Waals surface area contributed by atoms with Gasteiger partial charge in [-0.25, -0.2) is 9.59 Å². The van der Waals surface area contributed by atoms with Crippen LogP contribution in [-0.4, -0.2) is 54.4 Å². The summed E-state index contributed by atoms with van der Waals surface area (Å²) in [5.41, 5.74) is 2.87. The summed E-state index contributed by atoms with van der Waals surface area (Å²) in [6, 6.07) is 8.64. The topological polar surface area (TPSA) is 74.6 Å². The van der Waals surface area contributed by atoms with Gasteiger partial charge in [-0.05, 0) is 31.9 Å². The first kappa shape index (κ1) is 31.5. The molecule has 8 heteroatoms. The molecule has 2 aromatic rings. The number of hydrogen-bond acceptors (Lipinski definition) is 2. The predicted octanol–water partition coefficient (Wildman–Crippen LogP) is 5.59. The van der Waals surface area contributed by atoms with E-state index in [1.165, 1.54) is 0 Å². The molecule has 0 aliphatic rings. The van der Waals surface area contributed by atoms with Gasteiger partial charge < -0.3 is 10.2 Å². The average Bonchev–Trinajstić information content (AvgIpc) is 2.68. The predicted molar refractivity (Wildman–Crippen MR) is 171 cm³/mol. The highest BCUT2D eigenvalue weighted by Gasteiger charge is 2.37. The number of carbonyl (C=O) groups is 2. The molecule has 4 nitrogen and oxygen atoms in total. The maximum atomic E-state index is 12.6. The Morgan fingerprint density at radius 2 is 0.703 bits per heavy atom. The van der Waals surface area contributed by atoms with Crippen LogP contribution in [0.15, 0.2) is 24.3 Å². The van der Waals surface area contributed by atoms with E-state index in [-0.39, 0.29) is 0 Å². The van der Waals surface area contributed by atoms with E-state index in [4.69, 9.17) is 0 Å². The molecule has 0 heterocycles. The first-order chi connectivity index (χ1) is 16.3. The highest BCUT2D eigenvalue weighted by molar-refractivity contribution is 6.94. The zero-order valence-electron chi connectivity index (χ0n) is 25.5. The van der Waals surface area contributed by atoms with Crippen LogP contribution in [0.5, 0.6) is 0 Å². The van der Waals surface area contributed by atoms with Crippen molar-refractivity contribution in [3.05, 3.63) is 46.5 Å². The molecule has 0 fully saturated rings. The zero-order valence-corrected chi connectivity index (χ0v) is 29.5. The molecule has 0 unspecified atom stereocenters. The third kappa shape index (κ3) is 6.46. The number of hydrogen-bond donors (Lipinski definition) is 2. The van der Waals surface area contributed by atoms with Crippen molar-refractivity contribution >= 4 is 65.0 Å². The molecule has 0 spiro atoms. The Kier molecular flexibility index (Phi) is 8.31. The molecular formula is C29H48O4Si4. The van der Waals surface area contributed by atoms with Gasteiger partial charge in [-0.1, -0.05) is 117 Å². The van der Waals surface area contributed by atoms with E-state index in [1.807, 2.05) is 0 Å². The van der Waals surface area contributed by atoms with Crippen LogP contribution in [0, 0.1) is 0 Å². The average molecular weight is 573 g/mol. The van der Waals surface area contributed by atoms with E-state index in [9.17, 15) is 19.8 Å². The summed E-state index contributed by atoms with van der Waals surface area (Å²) in [7, 11) is -7.96. The second kappa shape index (κ2) is 9.77. The van der Waals surface area contributed by atoms with Crippen LogP contribution in [0.2, 0.25) is 78.6 Å². The lowest BCUT2D eigenvalue weighted by molar-refractivity contribution is 0.0688. The van der Waals surface area contributed by atoms with Crippen molar-refractivity contribution in [2.75, 3.05) is 0 Å². The van der Waals surface area contributed by atoms with Gasteiger partial charge in [0.15, 0.2) is 0 Å². The lowest BCUT2D eigenvalue weighted by Crippen LogP contribution is -2.52. The molecule has 0 saturated carbocycles. The fourth-order valence-electron chi connectivity index (χ4n) is 5.00. The van der Waals surface area contributed by atoms with Crippen molar-refractivity contribution in [2.24, 2.45) is 0 Å². The van der Waals surface area contributed by atoms with Crippen molar-refractivity contribution in [3.8, 4) is 0 Å². The Labute approximate surface area is 228 Å². The van der Waals surface area contributed by atoms with Gasteiger partial charge in [-0.3, -0.25) is 0 Å². The maximum Gasteiger partial charge on any atom is 0.335 e. The number of carboxylic acid groups (broad SMARTS) is 2. The van der Waals surface area contributed by atoms with Crippen molar-refractivity contribution < 1.29 is 19.8 Å². The molecule has 0 aliphatic heterocycles. The number of aromatic carboxylic acids is 2. The van der Waals surface area contributed by atoms with Gasteiger partial charge in [-0.15, -0.1) is 0 Å². The third-order valence-corrected chi connectivity index (χ3v) is 15.4. The van der Waals surface area contributed by atoms with E-state index < -0.39 is 49.6 Å². The molecule has 0 atom stereocenters. The minimum absolute atomic E-state index is 0.417. The first-order valence-electron chi connectivity index (χ1n) is 13.2. The Morgan fingerprint density at radius 1 is 0.514 bits per heavy atom. The van der Waals surface area contributed by atoms with Gasteiger partial charge in [-0.2, -0.15) is 0 Å². The van der Waals surface area contributed by atoms with E-state index >= 15 is 0 Å². The fourth-order valence-corrected chi connectivity index (χ4v) is 11.6. The number of carboxylic acids is 2. The lowest BCUT2D eigenvalue weighted by Gasteiger charge is -2.35. The van der Waals surface area contributed by atoms with Crippen LogP contribution >= 0.6 is 0 Å². The maximum absolute atomic E-state index is 12.6. The second-order valence-electron chi connectivity index (χ2n) is 15.1. The molecule has 0 aromatic heterocycles. The van der Waals surface area contributed by atoms with Crippen LogP contribution in [0.4, 0.5) is 0 Å². The fraction of sp³-hybridized carbons (Fsp3) is 0.517. The van der Waals surface area contributed by atoms with E-state index in [0.29, 0.717) is 11.1 Å². The lowest BCUT2D eigenvalue weighted by atomic mass is 9.77. The summed E-state index contributed by atoms with van der Waals surface area (Å²) in [6.07, 6.45) is 0. The molecule has 0 saturated heterocycles. The monoisotopic (exact) mass is 572 g/mol. The summed E-state index contributed by atoms with van der Waals surface area (Å²) in [6.45, 7) is 31.0. The highest BCUT2D eigenvalue weighted by Crippen LogP contribution is 2.33. The Hall–Kier alpha value is -1.75. The standard InChI is InChI=1S/C29H48O4Si4/c1-29(2,19-15-21(34(3,4)5)25(27(30)31)22(16-19)35(6,7)8)20-17-23(36(9,10)11)26(28(32)33)24(18-20)37(12,13)14/h15-18H,1-14H3,(H,30,31)(H,32,33). The summed E-state index contributed by atoms with van der Waals surface area (Å²) in [5.74, 6) is -1.65. The largest absolute Gasteiger partial charge is 0.478 e. The minimum Gasteiger partial charge on any atom is -0.478 e. The first-order valence-corrected chi connectivity index (χ1v) is 27.2. The summed E-state index contributed by atoms with van der Waals surface area (Å²) in [4.78, 5) is 25.2. The van der Waals surface area contributed by atoms with Crippen molar-refractivity contribution in [1.29, 1.82) is 0 Å². The summed E-state index contributed by atoms with van der Waals surface area (Å²) >= 11 is 0. The van der Waals surface area contributed by atoms with Gasteiger partial charge in [0.2, 0.25) is 0 Å². The molecule has 0 radical (unpaired) electrons. The SMILES string of the molecule is CC(C)(c1cc([Si](C)(C)C)c(C(=O)O)c([Si](C)(C)C)c1)c1cc([Si](C)(C)C)c(C(=O)O)c([Si](C)(C)C)c1. The number of benzene rings is 2. The van der Waals surface area contributed by atoms with Gasteiger partial charge in [0.25, 0.3) is 0 Å². The molecule has 37 heavy (non-hydrogen) atoms. The molecular weight excluding hydrogens is 525 g/mol. The molecule has 2 aromatic carbocycles.